The zero-order valence-electron chi connectivity index (χ0n) is 19.1. The molecule has 2 heterocycles. The summed E-state index contributed by atoms with van der Waals surface area (Å²) in [6, 6.07) is 13.4. The van der Waals surface area contributed by atoms with Gasteiger partial charge < -0.3 is 10.1 Å². The number of rotatable bonds is 6. The highest BCUT2D eigenvalue weighted by Crippen LogP contribution is 2.31. The maximum atomic E-state index is 13.4. The zero-order chi connectivity index (χ0) is 23.7. The Hall–Kier alpha value is -2.35. The summed E-state index contributed by atoms with van der Waals surface area (Å²) in [6.07, 6.45) is 4.90. The summed E-state index contributed by atoms with van der Waals surface area (Å²) in [5, 5.41) is 4.36. The third-order valence-corrected chi connectivity index (χ3v) is 7.96. The van der Waals surface area contributed by atoms with Gasteiger partial charge in [0.15, 0.2) is 5.16 Å². The molecule has 1 N–H and O–H groups in total. The van der Waals surface area contributed by atoms with Crippen molar-refractivity contribution < 1.29 is 9.53 Å². The lowest BCUT2D eigenvalue weighted by Crippen LogP contribution is -2.36. The van der Waals surface area contributed by atoms with Crippen molar-refractivity contribution in [1.29, 1.82) is 0 Å². The van der Waals surface area contributed by atoms with Crippen molar-refractivity contribution in [3.8, 4) is 0 Å². The molecule has 1 aliphatic heterocycles. The second-order valence-electron chi connectivity index (χ2n) is 9.02. The van der Waals surface area contributed by atoms with Crippen molar-refractivity contribution in [3.63, 3.8) is 0 Å². The summed E-state index contributed by atoms with van der Waals surface area (Å²) >= 11 is 7.47. The molecule has 0 radical (unpaired) electrons. The van der Waals surface area contributed by atoms with Gasteiger partial charge in [-0.3, -0.25) is 14.2 Å². The van der Waals surface area contributed by atoms with Crippen LogP contribution in [0.25, 0.3) is 10.9 Å². The molecule has 0 saturated carbocycles. The smallest absolute Gasteiger partial charge is 0.262 e. The Labute approximate surface area is 208 Å². The molecular weight excluding hydrogens is 470 g/mol. The van der Waals surface area contributed by atoms with Crippen LogP contribution in [0.4, 0.5) is 0 Å². The van der Waals surface area contributed by atoms with E-state index in [0.717, 1.165) is 32.1 Å². The first-order chi connectivity index (χ1) is 16.5. The summed E-state index contributed by atoms with van der Waals surface area (Å²) in [4.78, 5) is 31.3. The number of benzene rings is 2. The molecule has 1 saturated heterocycles. The molecule has 2 aromatic carbocycles. The maximum absolute atomic E-state index is 13.4. The van der Waals surface area contributed by atoms with Crippen LogP contribution >= 0.6 is 23.4 Å². The average Bonchev–Trinajstić information content (AvgIpc) is 3.35. The van der Waals surface area contributed by atoms with Gasteiger partial charge >= 0.3 is 0 Å². The first kappa shape index (κ1) is 23.4. The molecule has 6 nitrogen and oxygen atoms in total. The monoisotopic (exact) mass is 497 g/mol. The van der Waals surface area contributed by atoms with Gasteiger partial charge in [-0.15, -0.1) is 0 Å². The molecule has 3 atom stereocenters. The third-order valence-electron chi connectivity index (χ3n) is 6.63. The fourth-order valence-corrected chi connectivity index (χ4v) is 5.91. The van der Waals surface area contributed by atoms with Crippen LogP contribution in [0.2, 0.25) is 5.02 Å². The van der Waals surface area contributed by atoms with Crippen LogP contribution < -0.4 is 10.9 Å². The molecule has 1 aromatic heterocycles. The number of hydrogen-bond donors (Lipinski definition) is 1. The molecule has 1 amide bonds. The fourth-order valence-electron chi connectivity index (χ4n) is 4.82. The number of nitrogens with zero attached hydrogens (tertiary/aromatic N) is 2. The van der Waals surface area contributed by atoms with Crippen molar-refractivity contribution in [3.05, 3.63) is 69.0 Å². The Morgan fingerprint density at radius 1 is 1.26 bits per heavy atom. The van der Waals surface area contributed by atoms with Crippen molar-refractivity contribution in [2.24, 2.45) is 0 Å². The number of carbonyl (C=O) groups excluding carboxylic acids is 1. The highest BCUT2D eigenvalue weighted by molar-refractivity contribution is 8.00. The first-order valence-electron chi connectivity index (χ1n) is 11.9. The molecule has 0 spiro atoms. The number of thioether (sulfide) groups is 1. The lowest BCUT2D eigenvalue weighted by molar-refractivity contribution is -0.121. The van der Waals surface area contributed by atoms with Crippen LogP contribution in [-0.2, 0) is 22.5 Å². The number of aryl methyl sites for hydroxylation is 1. The molecule has 2 aliphatic rings. The first-order valence-corrected chi connectivity index (χ1v) is 13.1. The standard InChI is InChI=1S/C26H28ClN3O3S/c1-16(24(31)28-22-10-4-7-17-6-2-3-9-20(17)22)34-26-29-23-14-18(27)11-12-21(23)25(32)30(26)15-19-8-5-13-33-19/h2-3,6,9,11-12,14,16,19,22H,4-5,7-8,10,13,15H2,1H3,(H,28,31)/t16-,19+,22+/m0/s1. The highest BCUT2D eigenvalue weighted by atomic mass is 35.5. The molecule has 3 aromatic rings. The van der Waals surface area contributed by atoms with E-state index in [-0.39, 0.29) is 23.6 Å². The van der Waals surface area contributed by atoms with Crippen LogP contribution in [0.1, 0.15) is 49.8 Å². The third kappa shape index (κ3) is 4.88. The Balaban J connectivity index is 1.40. The molecule has 34 heavy (non-hydrogen) atoms. The second kappa shape index (κ2) is 10.1. The minimum Gasteiger partial charge on any atom is -0.376 e. The molecule has 1 fully saturated rings. The quantitative estimate of drug-likeness (QED) is 0.387. The number of ether oxygens (including phenoxy) is 1. The van der Waals surface area contributed by atoms with Crippen molar-refractivity contribution in [2.75, 3.05) is 6.61 Å². The SMILES string of the molecule is C[C@H](Sc1nc2cc(Cl)ccc2c(=O)n1C[C@H]1CCCO1)C(=O)N[C@@H]1CCCc2ccccc21. The van der Waals surface area contributed by atoms with E-state index < -0.39 is 5.25 Å². The predicted molar refractivity (Wildman–Crippen MR) is 136 cm³/mol. The lowest BCUT2D eigenvalue weighted by atomic mass is 9.88. The van der Waals surface area contributed by atoms with Crippen molar-refractivity contribution in [2.45, 2.75) is 68.1 Å². The van der Waals surface area contributed by atoms with Gasteiger partial charge in [-0.1, -0.05) is 47.6 Å². The predicted octanol–water partition coefficient (Wildman–Crippen LogP) is 4.90. The van der Waals surface area contributed by atoms with E-state index in [0.29, 0.717) is 34.2 Å². The Bertz CT molecular complexity index is 1270. The normalized spacial score (nSPS) is 20.8. The number of halogens is 1. The van der Waals surface area contributed by atoms with Crippen LogP contribution in [-0.4, -0.2) is 33.4 Å². The van der Waals surface area contributed by atoms with Gasteiger partial charge in [0.05, 0.1) is 34.8 Å². The summed E-state index contributed by atoms with van der Waals surface area (Å²) in [5.74, 6) is -0.0594. The molecular formula is C26H28ClN3O3S. The summed E-state index contributed by atoms with van der Waals surface area (Å²) < 4.78 is 7.45. The van der Waals surface area contributed by atoms with Crippen LogP contribution in [0.5, 0.6) is 0 Å². The minimum absolute atomic E-state index is 0.0120. The Morgan fingerprint density at radius 2 is 2.12 bits per heavy atom. The molecule has 0 unspecified atom stereocenters. The summed E-state index contributed by atoms with van der Waals surface area (Å²) in [5.41, 5.74) is 2.91. The number of hydrogen-bond acceptors (Lipinski definition) is 5. The van der Waals surface area contributed by atoms with Gasteiger partial charge in [0.1, 0.15) is 0 Å². The zero-order valence-corrected chi connectivity index (χ0v) is 20.7. The van der Waals surface area contributed by atoms with Crippen LogP contribution in [0.3, 0.4) is 0 Å². The van der Waals surface area contributed by atoms with Gasteiger partial charge in [-0.25, -0.2) is 4.98 Å². The second-order valence-corrected chi connectivity index (χ2v) is 10.8. The molecule has 5 rings (SSSR count). The number of aromatic nitrogens is 2. The van der Waals surface area contributed by atoms with E-state index in [4.69, 9.17) is 21.3 Å². The number of carbonyl (C=O) groups is 1. The molecule has 0 bridgehead atoms. The van der Waals surface area contributed by atoms with Gasteiger partial charge in [0.25, 0.3) is 5.56 Å². The van der Waals surface area contributed by atoms with E-state index in [1.54, 1.807) is 22.8 Å². The number of amides is 1. The number of fused-ring (bicyclic) bond motifs is 2. The maximum Gasteiger partial charge on any atom is 0.262 e. The van der Waals surface area contributed by atoms with Gasteiger partial charge in [-0.2, -0.15) is 0 Å². The van der Waals surface area contributed by atoms with E-state index >= 15 is 0 Å². The van der Waals surface area contributed by atoms with Gasteiger partial charge in [-0.05, 0) is 68.4 Å². The topological polar surface area (TPSA) is 73.2 Å². The summed E-state index contributed by atoms with van der Waals surface area (Å²) in [7, 11) is 0. The van der Waals surface area contributed by atoms with E-state index in [1.807, 2.05) is 19.1 Å². The average molecular weight is 498 g/mol. The lowest BCUT2D eigenvalue weighted by Gasteiger charge is -2.27. The molecule has 178 valence electrons. The summed E-state index contributed by atoms with van der Waals surface area (Å²) in [6.45, 7) is 3.00. The van der Waals surface area contributed by atoms with E-state index in [1.165, 1.54) is 22.9 Å². The van der Waals surface area contributed by atoms with Gasteiger partial charge in [0, 0.05) is 11.6 Å². The highest BCUT2D eigenvalue weighted by Gasteiger charge is 2.26. The fraction of sp³-hybridized carbons (Fsp3) is 0.423. The van der Waals surface area contributed by atoms with Gasteiger partial charge in [0.2, 0.25) is 5.91 Å². The van der Waals surface area contributed by atoms with E-state index in [9.17, 15) is 9.59 Å². The van der Waals surface area contributed by atoms with E-state index in [2.05, 4.69) is 17.4 Å². The largest absolute Gasteiger partial charge is 0.376 e. The minimum atomic E-state index is -0.423. The Morgan fingerprint density at radius 3 is 2.94 bits per heavy atom. The number of nitrogens with one attached hydrogen (secondary N) is 1. The Kier molecular flexibility index (Phi) is 6.95. The van der Waals surface area contributed by atoms with Crippen LogP contribution in [0, 0.1) is 0 Å². The van der Waals surface area contributed by atoms with Crippen LogP contribution in [0.15, 0.2) is 52.4 Å². The van der Waals surface area contributed by atoms with Crippen molar-refractivity contribution in [1.82, 2.24) is 14.9 Å². The van der Waals surface area contributed by atoms with Crippen molar-refractivity contribution >= 4 is 40.2 Å². The molecule has 8 heteroatoms. The molecule has 1 aliphatic carbocycles.